The van der Waals surface area contributed by atoms with Gasteiger partial charge in [-0.25, -0.2) is 15.1 Å². The quantitative estimate of drug-likeness (QED) is 0.850. The maximum Gasteiger partial charge on any atom is 0.341 e. The average molecular weight is 298 g/mol. The molecule has 1 N–H and O–H groups in total. The van der Waals surface area contributed by atoms with Crippen LogP contribution in [-0.2, 0) is 16.0 Å². The molecule has 1 aromatic heterocycles. The van der Waals surface area contributed by atoms with E-state index in [1.54, 1.807) is 23.3 Å². The Labute approximate surface area is 123 Å². The van der Waals surface area contributed by atoms with Gasteiger partial charge in [-0.15, -0.1) is 0 Å². The van der Waals surface area contributed by atoms with Crippen LogP contribution in [0.1, 0.15) is 31.7 Å². The van der Waals surface area contributed by atoms with E-state index in [4.69, 9.17) is 9.57 Å². The minimum absolute atomic E-state index is 0.112. The van der Waals surface area contributed by atoms with Crippen LogP contribution in [0.2, 0.25) is 0 Å². The van der Waals surface area contributed by atoms with Crippen molar-refractivity contribution in [2.24, 2.45) is 0 Å². The van der Waals surface area contributed by atoms with Crippen LogP contribution in [0.3, 0.4) is 0 Å². The van der Waals surface area contributed by atoms with Gasteiger partial charge in [0.25, 0.3) is 0 Å². The van der Waals surface area contributed by atoms with Crippen molar-refractivity contribution in [1.82, 2.24) is 10.4 Å². The van der Waals surface area contributed by atoms with Crippen LogP contribution >= 0.6 is 11.3 Å². The summed E-state index contributed by atoms with van der Waals surface area (Å²) >= 11 is 1.67. The number of hydroxylamine groups is 1. The first-order chi connectivity index (χ1) is 9.66. The average Bonchev–Trinajstić information content (AvgIpc) is 2.98. The molecule has 0 spiro atoms. The molecule has 2 heterocycles. The molecule has 2 rings (SSSR count). The third kappa shape index (κ3) is 4.47. The van der Waals surface area contributed by atoms with E-state index in [0.717, 1.165) is 25.7 Å². The second kappa shape index (κ2) is 7.61. The van der Waals surface area contributed by atoms with E-state index < -0.39 is 0 Å². The van der Waals surface area contributed by atoms with E-state index in [0.29, 0.717) is 6.61 Å². The normalized spacial score (nSPS) is 20.4. The second-order valence-corrected chi connectivity index (χ2v) is 5.90. The van der Waals surface area contributed by atoms with Crippen molar-refractivity contribution in [3.63, 3.8) is 0 Å². The first kappa shape index (κ1) is 15.3. The van der Waals surface area contributed by atoms with E-state index in [2.05, 4.69) is 16.9 Å². The molecule has 112 valence electrons. The number of urea groups is 1. The summed E-state index contributed by atoms with van der Waals surface area (Å²) in [5.74, 6) is 0. The zero-order valence-electron chi connectivity index (χ0n) is 12.0. The van der Waals surface area contributed by atoms with Crippen LogP contribution in [-0.4, -0.2) is 36.9 Å². The van der Waals surface area contributed by atoms with Crippen molar-refractivity contribution in [3.8, 4) is 0 Å². The third-order valence-corrected chi connectivity index (χ3v) is 4.24. The van der Waals surface area contributed by atoms with Crippen molar-refractivity contribution in [2.45, 2.75) is 44.9 Å². The number of rotatable bonds is 5. The smallest absolute Gasteiger partial charge is 0.341 e. The molecule has 0 bridgehead atoms. The summed E-state index contributed by atoms with van der Waals surface area (Å²) in [7, 11) is 1.78. The molecule has 0 aliphatic carbocycles. The number of thiophene rings is 1. The monoisotopic (exact) mass is 298 g/mol. The molecule has 20 heavy (non-hydrogen) atoms. The predicted molar refractivity (Wildman–Crippen MR) is 78.5 cm³/mol. The standard InChI is InChI=1S/C14H22N2O3S/c1-11(9-12-6-8-20-10-12)16(2)14(17)15-19-13-5-3-4-7-18-13/h6,8,10-11,13H,3-5,7,9H2,1-2H3,(H,15,17). The van der Waals surface area contributed by atoms with E-state index in [-0.39, 0.29) is 18.4 Å². The molecule has 2 unspecified atom stereocenters. The van der Waals surface area contributed by atoms with Crippen LogP contribution in [0.25, 0.3) is 0 Å². The summed E-state index contributed by atoms with van der Waals surface area (Å²) in [4.78, 5) is 18.9. The highest BCUT2D eigenvalue weighted by atomic mass is 32.1. The number of likely N-dealkylation sites (N-methyl/N-ethyl adjacent to an activating group) is 1. The molecule has 1 aliphatic heterocycles. The molecule has 2 amide bonds. The van der Waals surface area contributed by atoms with Gasteiger partial charge in [0, 0.05) is 26.1 Å². The number of hydrogen-bond donors (Lipinski definition) is 1. The van der Waals surface area contributed by atoms with Gasteiger partial charge in [0.05, 0.1) is 0 Å². The number of carbonyl (C=O) groups excluding carboxylic acids is 1. The molecule has 0 aromatic carbocycles. The number of ether oxygens (including phenoxy) is 1. The number of amides is 2. The zero-order chi connectivity index (χ0) is 14.4. The molecule has 5 nitrogen and oxygen atoms in total. The van der Waals surface area contributed by atoms with E-state index in [9.17, 15) is 4.79 Å². The lowest BCUT2D eigenvalue weighted by molar-refractivity contribution is -0.187. The topological polar surface area (TPSA) is 50.8 Å². The van der Waals surface area contributed by atoms with Crippen molar-refractivity contribution in [3.05, 3.63) is 22.4 Å². The summed E-state index contributed by atoms with van der Waals surface area (Å²) < 4.78 is 5.40. The number of nitrogens with one attached hydrogen (secondary N) is 1. The van der Waals surface area contributed by atoms with Gasteiger partial charge in [-0.3, -0.25) is 0 Å². The van der Waals surface area contributed by atoms with Crippen LogP contribution in [0.5, 0.6) is 0 Å². The maximum absolute atomic E-state index is 12.0. The lowest BCUT2D eigenvalue weighted by Gasteiger charge is -2.27. The Balaban J connectivity index is 1.73. The van der Waals surface area contributed by atoms with E-state index >= 15 is 0 Å². The Morgan fingerprint density at radius 3 is 3.15 bits per heavy atom. The maximum atomic E-state index is 12.0. The summed E-state index contributed by atoms with van der Waals surface area (Å²) in [5.41, 5.74) is 3.73. The summed E-state index contributed by atoms with van der Waals surface area (Å²) in [5, 5.41) is 4.15. The molecule has 1 aliphatic rings. The van der Waals surface area contributed by atoms with Crippen LogP contribution in [0, 0.1) is 0 Å². The van der Waals surface area contributed by atoms with Gasteiger partial charge in [0.1, 0.15) is 0 Å². The molecule has 0 radical (unpaired) electrons. The summed E-state index contributed by atoms with van der Waals surface area (Å²) in [6.45, 7) is 2.72. The number of carbonyl (C=O) groups is 1. The fraction of sp³-hybridized carbons (Fsp3) is 0.643. The lowest BCUT2D eigenvalue weighted by atomic mass is 10.1. The fourth-order valence-corrected chi connectivity index (χ4v) is 2.76. The minimum atomic E-state index is -0.312. The molecule has 2 atom stereocenters. The van der Waals surface area contributed by atoms with Gasteiger partial charge in [0.2, 0.25) is 0 Å². The molecule has 1 aromatic rings. The molecule has 6 heteroatoms. The predicted octanol–water partition coefficient (Wildman–Crippen LogP) is 2.78. The van der Waals surface area contributed by atoms with E-state index in [1.807, 2.05) is 12.3 Å². The summed E-state index contributed by atoms with van der Waals surface area (Å²) in [6, 6.07) is 1.96. The van der Waals surface area contributed by atoms with Crippen molar-refractivity contribution in [2.75, 3.05) is 13.7 Å². The molecular weight excluding hydrogens is 276 g/mol. The molecule has 1 fully saturated rings. The fourth-order valence-electron chi connectivity index (χ4n) is 2.08. The Morgan fingerprint density at radius 1 is 1.65 bits per heavy atom. The molecular formula is C14H22N2O3S. The number of nitrogens with zero attached hydrogens (tertiary/aromatic N) is 1. The Kier molecular flexibility index (Phi) is 5.82. The van der Waals surface area contributed by atoms with Gasteiger partial charge in [-0.1, -0.05) is 0 Å². The second-order valence-electron chi connectivity index (χ2n) is 5.12. The highest BCUT2D eigenvalue weighted by Gasteiger charge is 2.19. The van der Waals surface area contributed by atoms with Crippen molar-refractivity contribution >= 4 is 17.4 Å². The van der Waals surface area contributed by atoms with Crippen LogP contribution in [0.15, 0.2) is 16.8 Å². The number of hydrogen-bond acceptors (Lipinski definition) is 4. The van der Waals surface area contributed by atoms with Crippen molar-refractivity contribution in [1.29, 1.82) is 0 Å². The largest absolute Gasteiger partial charge is 0.350 e. The van der Waals surface area contributed by atoms with Gasteiger partial charge in [-0.05, 0) is 48.6 Å². The van der Waals surface area contributed by atoms with Gasteiger partial charge >= 0.3 is 6.03 Å². The van der Waals surface area contributed by atoms with E-state index in [1.165, 1.54) is 5.56 Å². The van der Waals surface area contributed by atoms with Gasteiger partial charge in [0.15, 0.2) is 6.29 Å². The molecule has 1 saturated heterocycles. The minimum Gasteiger partial charge on any atom is -0.350 e. The van der Waals surface area contributed by atoms with Gasteiger partial charge in [-0.2, -0.15) is 11.3 Å². The first-order valence-corrected chi connectivity index (χ1v) is 7.92. The Bertz CT molecular complexity index is 405. The van der Waals surface area contributed by atoms with Crippen molar-refractivity contribution < 1.29 is 14.4 Å². The van der Waals surface area contributed by atoms with Crippen LogP contribution < -0.4 is 5.48 Å². The Hall–Kier alpha value is -1.11. The first-order valence-electron chi connectivity index (χ1n) is 6.98. The summed E-state index contributed by atoms with van der Waals surface area (Å²) in [6.07, 6.45) is 3.49. The third-order valence-electron chi connectivity index (χ3n) is 3.51. The zero-order valence-corrected chi connectivity index (χ0v) is 12.8. The SMILES string of the molecule is CC(Cc1ccsc1)N(C)C(=O)NOC1CCCCO1. The van der Waals surface area contributed by atoms with Gasteiger partial charge < -0.3 is 9.64 Å². The van der Waals surface area contributed by atoms with Crippen LogP contribution in [0.4, 0.5) is 4.79 Å². The highest BCUT2D eigenvalue weighted by Crippen LogP contribution is 2.13. The Morgan fingerprint density at radius 2 is 2.50 bits per heavy atom. The molecule has 0 saturated carbocycles. The highest BCUT2D eigenvalue weighted by molar-refractivity contribution is 7.07. The lowest BCUT2D eigenvalue weighted by Crippen LogP contribution is -2.45.